The summed E-state index contributed by atoms with van der Waals surface area (Å²) in [5.41, 5.74) is 3.69. The number of allylic oxidation sites excluding steroid dienone is 8. The highest BCUT2D eigenvalue weighted by Crippen LogP contribution is 2.35. The van der Waals surface area contributed by atoms with Crippen LogP contribution >= 0.6 is 0 Å². The maximum atomic E-state index is 4.01. The lowest BCUT2D eigenvalue weighted by molar-refractivity contribution is 0.946. The van der Waals surface area contributed by atoms with E-state index in [4.69, 9.17) is 0 Å². The lowest BCUT2D eigenvalue weighted by atomic mass is 9.91. The molecule has 0 spiro atoms. The van der Waals surface area contributed by atoms with Crippen molar-refractivity contribution in [3.05, 3.63) is 60.3 Å². The van der Waals surface area contributed by atoms with Gasteiger partial charge in [-0.1, -0.05) is 43.5 Å². The van der Waals surface area contributed by atoms with Crippen molar-refractivity contribution in [2.24, 2.45) is 5.92 Å². The molecule has 0 radical (unpaired) electrons. The smallest absolute Gasteiger partial charge is 0.0325 e. The van der Waals surface area contributed by atoms with Crippen LogP contribution in [0.15, 0.2) is 60.3 Å². The van der Waals surface area contributed by atoms with E-state index in [-0.39, 0.29) is 0 Å². The lowest BCUT2D eigenvalue weighted by Gasteiger charge is -2.12. The molecule has 0 aromatic rings. The van der Waals surface area contributed by atoms with Gasteiger partial charge in [-0.05, 0) is 23.1 Å². The Morgan fingerprint density at radius 2 is 1.75 bits per heavy atom. The normalized spacial score (nSPS) is 22.5. The molecule has 0 saturated heterocycles. The molecule has 0 atom stereocenters. The molecule has 0 nitrogen and oxygen atoms in total. The molecule has 0 unspecified atom stereocenters. The quantitative estimate of drug-likeness (QED) is 0.547. The maximum Gasteiger partial charge on any atom is 0.0325 e. The Balaban J connectivity index is 2.30. The van der Waals surface area contributed by atoms with E-state index < -0.39 is 0 Å². The van der Waals surface area contributed by atoms with E-state index in [2.05, 4.69) is 43.5 Å². The van der Waals surface area contributed by atoms with Crippen LogP contribution in [0.1, 0.15) is 6.42 Å². The van der Waals surface area contributed by atoms with Gasteiger partial charge >= 0.3 is 0 Å². The van der Waals surface area contributed by atoms with Gasteiger partial charge in [0, 0.05) is 5.92 Å². The summed E-state index contributed by atoms with van der Waals surface area (Å²) >= 11 is 0. The van der Waals surface area contributed by atoms with Crippen molar-refractivity contribution in [3.63, 3.8) is 0 Å². The van der Waals surface area contributed by atoms with Crippen molar-refractivity contribution < 1.29 is 0 Å². The van der Waals surface area contributed by atoms with Gasteiger partial charge in [-0.2, -0.15) is 0 Å². The van der Waals surface area contributed by atoms with Crippen molar-refractivity contribution >= 4 is 0 Å². The molecular weight excluding hydrogens is 144 g/mol. The molecule has 12 heavy (non-hydrogen) atoms. The molecule has 0 heterocycles. The first kappa shape index (κ1) is 7.35. The third-order valence-corrected chi connectivity index (χ3v) is 2.39. The van der Waals surface area contributed by atoms with Crippen molar-refractivity contribution in [2.75, 3.05) is 0 Å². The zero-order valence-corrected chi connectivity index (χ0v) is 7.09. The fourth-order valence-corrected chi connectivity index (χ4v) is 1.76. The molecule has 0 amide bonds. The standard InChI is InChI=1S/C12H12/c1-9-7-8-10(2)12(9)11-5-3-4-6-11/h3,5-8,12H,1-2,4H2. The summed E-state index contributed by atoms with van der Waals surface area (Å²) in [4.78, 5) is 0. The Morgan fingerprint density at radius 1 is 1.08 bits per heavy atom. The minimum atomic E-state index is 0.365. The third-order valence-electron chi connectivity index (χ3n) is 2.39. The summed E-state index contributed by atoms with van der Waals surface area (Å²) in [6.45, 7) is 8.02. The van der Waals surface area contributed by atoms with Gasteiger partial charge in [0.25, 0.3) is 0 Å². The van der Waals surface area contributed by atoms with Crippen molar-refractivity contribution in [1.29, 1.82) is 0 Å². The predicted octanol–water partition coefficient (Wildman–Crippen LogP) is 3.17. The summed E-state index contributed by atoms with van der Waals surface area (Å²) in [5, 5.41) is 0. The Morgan fingerprint density at radius 3 is 2.25 bits per heavy atom. The number of hydrogen-bond donors (Lipinski definition) is 0. The van der Waals surface area contributed by atoms with Gasteiger partial charge in [-0.3, -0.25) is 0 Å². The molecular formula is C12H12. The second-order valence-corrected chi connectivity index (χ2v) is 3.26. The zero-order chi connectivity index (χ0) is 8.55. The summed E-state index contributed by atoms with van der Waals surface area (Å²) in [7, 11) is 0. The molecule has 60 valence electrons. The Hall–Kier alpha value is -1.30. The second kappa shape index (κ2) is 2.63. The molecule has 0 heteroatoms. The minimum Gasteiger partial charge on any atom is -0.0949 e. The molecule has 2 aliphatic rings. The summed E-state index contributed by atoms with van der Waals surface area (Å²) in [5.74, 6) is 0.365. The molecule has 0 saturated carbocycles. The van der Waals surface area contributed by atoms with Crippen LogP contribution < -0.4 is 0 Å². The van der Waals surface area contributed by atoms with E-state index in [9.17, 15) is 0 Å². The minimum absolute atomic E-state index is 0.365. The summed E-state index contributed by atoms with van der Waals surface area (Å²) < 4.78 is 0. The van der Waals surface area contributed by atoms with Gasteiger partial charge < -0.3 is 0 Å². The Kier molecular flexibility index (Phi) is 1.61. The van der Waals surface area contributed by atoms with E-state index in [0.29, 0.717) is 5.92 Å². The van der Waals surface area contributed by atoms with Gasteiger partial charge in [0.05, 0.1) is 0 Å². The summed E-state index contributed by atoms with van der Waals surface area (Å²) in [6.07, 6.45) is 11.8. The molecule has 0 aromatic carbocycles. The average molecular weight is 156 g/mol. The highest BCUT2D eigenvalue weighted by Gasteiger charge is 2.21. The SMILES string of the molecule is C=C1C=CC(=C)C1C1=CCC=C1. The van der Waals surface area contributed by atoms with Gasteiger partial charge in [0.1, 0.15) is 0 Å². The fraction of sp³-hybridized carbons (Fsp3) is 0.167. The molecule has 0 aliphatic heterocycles. The van der Waals surface area contributed by atoms with Crippen LogP contribution in [0.25, 0.3) is 0 Å². The third kappa shape index (κ3) is 1.00. The van der Waals surface area contributed by atoms with E-state index in [1.807, 2.05) is 0 Å². The first-order valence-electron chi connectivity index (χ1n) is 4.21. The van der Waals surface area contributed by atoms with Crippen LogP contribution in [0.2, 0.25) is 0 Å². The van der Waals surface area contributed by atoms with Gasteiger partial charge in [0.2, 0.25) is 0 Å². The molecule has 2 aliphatic carbocycles. The van der Waals surface area contributed by atoms with Crippen molar-refractivity contribution in [1.82, 2.24) is 0 Å². The fourth-order valence-electron chi connectivity index (χ4n) is 1.76. The van der Waals surface area contributed by atoms with E-state index >= 15 is 0 Å². The summed E-state index contributed by atoms with van der Waals surface area (Å²) in [6, 6.07) is 0. The maximum absolute atomic E-state index is 4.01. The van der Waals surface area contributed by atoms with Crippen LogP contribution in [0, 0.1) is 5.92 Å². The van der Waals surface area contributed by atoms with Crippen LogP contribution in [-0.2, 0) is 0 Å². The first-order valence-corrected chi connectivity index (χ1v) is 4.21. The first-order chi connectivity index (χ1) is 5.79. The van der Waals surface area contributed by atoms with Crippen molar-refractivity contribution in [3.8, 4) is 0 Å². The van der Waals surface area contributed by atoms with E-state index in [1.165, 1.54) is 5.57 Å². The van der Waals surface area contributed by atoms with Crippen LogP contribution in [0.3, 0.4) is 0 Å². The second-order valence-electron chi connectivity index (χ2n) is 3.26. The topological polar surface area (TPSA) is 0 Å². The van der Waals surface area contributed by atoms with Gasteiger partial charge in [-0.25, -0.2) is 0 Å². The largest absolute Gasteiger partial charge is 0.0949 e. The molecule has 0 bridgehead atoms. The Labute approximate surface area is 73.3 Å². The Bertz CT molecular complexity index is 306. The highest BCUT2D eigenvalue weighted by molar-refractivity contribution is 5.51. The van der Waals surface area contributed by atoms with Gasteiger partial charge in [0.15, 0.2) is 0 Å². The van der Waals surface area contributed by atoms with Gasteiger partial charge in [-0.15, -0.1) is 0 Å². The molecule has 0 fully saturated rings. The van der Waals surface area contributed by atoms with Crippen molar-refractivity contribution in [2.45, 2.75) is 6.42 Å². The zero-order valence-electron chi connectivity index (χ0n) is 7.09. The number of rotatable bonds is 1. The monoisotopic (exact) mass is 156 g/mol. The van der Waals surface area contributed by atoms with Crippen LogP contribution in [-0.4, -0.2) is 0 Å². The van der Waals surface area contributed by atoms with Crippen LogP contribution in [0.4, 0.5) is 0 Å². The van der Waals surface area contributed by atoms with E-state index in [0.717, 1.165) is 17.6 Å². The van der Waals surface area contributed by atoms with Crippen LogP contribution in [0.5, 0.6) is 0 Å². The molecule has 0 aromatic heterocycles. The lowest BCUT2D eigenvalue weighted by Crippen LogP contribution is -2.00. The molecule has 2 rings (SSSR count). The highest BCUT2D eigenvalue weighted by atomic mass is 14.2. The predicted molar refractivity (Wildman–Crippen MR) is 52.8 cm³/mol. The average Bonchev–Trinajstić information content (AvgIpc) is 2.61. The number of hydrogen-bond acceptors (Lipinski definition) is 0. The van der Waals surface area contributed by atoms with E-state index in [1.54, 1.807) is 0 Å². The molecule has 0 N–H and O–H groups in total.